The molecular weight excluding hydrogens is 228 g/mol. The smallest absolute Gasteiger partial charge is 0.158 e. The van der Waals surface area contributed by atoms with Gasteiger partial charge in [0.1, 0.15) is 18.2 Å². The van der Waals surface area contributed by atoms with E-state index < -0.39 is 0 Å². The van der Waals surface area contributed by atoms with Crippen LogP contribution in [0.2, 0.25) is 0 Å². The summed E-state index contributed by atoms with van der Waals surface area (Å²) in [7, 11) is 1.64. The largest absolute Gasteiger partial charge is 0.384 e. The van der Waals surface area contributed by atoms with Crippen molar-refractivity contribution in [3.05, 3.63) is 11.9 Å². The molecule has 2 unspecified atom stereocenters. The average Bonchev–Trinajstić information content (AvgIpc) is 2.70. The van der Waals surface area contributed by atoms with E-state index in [9.17, 15) is 0 Å². The van der Waals surface area contributed by atoms with Crippen LogP contribution >= 0.6 is 0 Å². The Hall–Kier alpha value is -1.36. The van der Waals surface area contributed by atoms with Crippen LogP contribution < -0.4 is 10.6 Å². The van der Waals surface area contributed by atoms with Crippen molar-refractivity contribution in [2.45, 2.75) is 51.8 Å². The highest BCUT2D eigenvalue weighted by atomic mass is 16.5. The molecule has 1 aliphatic heterocycles. The van der Waals surface area contributed by atoms with Gasteiger partial charge in [0.2, 0.25) is 0 Å². The number of methoxy groups -OCH3 is 1. The monoisotopic (exact) mass is 250 g/mol. The third-order valence-electron chi connectivity index (χ3n) is 3.57. The van der Waals surface area contributed by atoms with Gasteiger partial charge in [-0.25, -0.2) is 9.97 Å². The van der Waals surface area contributed by atoms with E-state index in [4.69, 9.17) is 10.5 Å². The molecule has 2 rings (SSSR count). The minimum atomic E-state index is 0.400. The minimum Gasteiger partial charge on any atom is -0.384 e. The van der Waals surface area contributed by atoms with Gasteiger partial charge in [-0.2, -0.15) is 0 Å². The molecule has 2 heterocycles. The van der Waals surface area contributed by atoms with E-state index in [1.165, 1.54) is 12.8 Å². The molecule has 5 nitrogen and oxygen atoms in total. The Morgan fingerprint density at radius 1 is 1.44 bits per heavy atom. The second-order valence-electron chi connectivity index (χ2n) is 4.90. The summed E-state index contributed by atoms with van der Waals surface area (Å²) in [6.45, 7) is 4.86. The molecule has 1 aliphatic rings. The first kappa shape index (κ1) is 13.1. The summed E-state index contributed by atoms with van der Waals surface area (Å²) in [5, 5.41) is 0. The van der Waals surface area contributed by atoms with Crippen LogP contribution in [0.25, 0.3) is 0 Å². The van der Waals surface area contributed by atoms with Crippen molar-refractivity contribution in [3.63, 3.8) is 0 Å². The van der Waals surface area contributed by atoms with Gasteiger partial charge >= 0.3 is 0 Å². The molecule has 0 aliphatic carbocycles. The SMILES string of the molecule is CCC1CCC(C)N1c1cc(N)nc(COC)n1. The lowest BCUT2D eigenvalue weighted by Crippen LogP contribution is -2.35. The lowest BCUT2D eigenvalue weighted by Gasteiger charge is -2.29. The Morgan fingerprint density at radius 2 is 2.22 bits per heavy atom. The van der Waals surface area contributed by atoms with Crippen molar-refractivity contribution in [3.8, 4) is 0 Å². The van der Waals surface area contributed by atoms with Crippen molar-refractivity contribution in [1.82, 2.24) is 9.97 Å². The van der Waals surface area contributed by atoms with Gasteiger partial charge in [-0.05, 0) is 26.2 Å². The molecule has 2 N–H and O–H groups in total. The van der Waals surface area contributed by atoms with Gasteiger partial charge in [-0.1, -0.05) is 6.92 Å². The number of nitrogens with two attached hydrogens (primary N) is 1. The second kappa shape index (κ2) is 5.52. The molecule has 0 aromatic carbocycles. The molecular formula is C13H22N4O. The van der Waals surface area contributed by atoms with E-state index in [0.29, 0.717) is 30.3 Å². The highest BCUT2D eigenvalue weighted by molar-refractivity contribution is 5.49. The Labute approximate surface area is 108 Å². The molecule has 1 aromatic rings. The van der Waals surface area contributed by atoms with Crippen LogP contribution in [0.4, 0.5) is 11.6 Å². The van der Waals surface area contributed by atoms with Gasteiger partial charge in [0.05, 0.1) is 0 Å². The summed E-state index contributed by atoms with van der Waals surface area (Å²) in [4.78, 5) is 11.1. The van der Waals surface area contributed by atoms with Gasteiger partial charge in [0.25, 0.3) is 0 Å². The highest BCUT2D eigenvalue weighted by Crippen LogP contribution is 2.31. The fourth-order valence-corrected chi connectivity index (χ4v) is 2.71. The van der Waals surface area contributed by atoms with Crippen molar-refractivity contribution >= 4 is 11.6 Å². The Bertz CT molecular complexity index is 410. The molecule has 0 saturated carbocycles. The zero-order chi connectivity index (χ0) is 13.1. The fourth-order valence-electron chi connectivity index (χ4n) is 2.71. The summed E-state index contributed by atoms with van der Waals surface area (Å²) in [6.07, 6.45) is 3.57. The number of nitrogen functional groups attached to an aromatic ring is 1. The molecule has 0 bridgehead atoms. The quantitative estimate of drug-likeness (QED) is 0.885. The summed E-state index contributed by atoms with van der Waals surface area (Å²) in [6, 6.07) is 2.94. The first-order valence-electron chi connectivity index (χ1n) is 6.56. The number of hydrogen-bond donors (Lipinski definition) is 1. The molecule has 18 heavy (non-hydrogen) atoms. The van der Waals surface area contributed by atoms with E-state index in [-0.39, 0.29) is 0 Å². The molecule has 100 valence electrons. The van der Waals surface area contributed by atoms with Crippen LogP contribution in [0.1, 0.15) is 38.9 Å². The average molecular weight is 250 g/mol. The lowest BCUT2D eigenvalue weighted by atomic mass is 10.1. The molecule has 5 heteroatoms. The number of anilines is 2. The number of hydrogen-bond acceptors (Lipinski definition) is 5. The number of rotatable bonds is 4. The maximum Gasteiger partial charge on any atom is 0.158 e. The normalized spacial score (nSPS) is 23.6. The molecule has 1 fully saturated rings. The van der Waals surface area contributed by atoms with Crippen molar-refractivity contribution in [2.75, 3.05) is 17.7 Å². The predicted octanol–water partition coefficient (Wildman–Crippen LogP) is 1.97. The molecule has 0 spiro atoms. The van der Waals surface area contributed by atoms with Crippen molar-refractivity contribution in [1.29, 1.82) is 0 Å². The molecule has 1 aromatic heterocycles. The van der Waals surface area contributed by atoms with Crippen LogP contribution in [0.3, 0.4) is 0 Å². The maximum atomic E-state index is 5.86. The standard InChI is InChI=1S/C13H22N4O/c1-4-10-6-5-9(2)17(10)13-7-11(14)15-12(16-13)8-18-3/h7,9-10H,4-6,8H2,1-3H3,(H2,14,15,16). The molecule has 0 radical (unpaired) electrons. The molecule has 1 saturated heterocycles. The topological polar surface area (TPSA) is 64.3 Å². The van der Waals surface area contributed by atoms with Crippen LogP contribution in [-0.4, -0.2) is 29.2 Å². The summed E-state index contributed by atoms with van der Waals surface area (Å²) >= 11 is 0. The zero-order valence-electron chi connectivity index (χ0n) is 11.4. The Balaban J connectivity index is 2.31. The number of ether oxygens (including phenoxy) is 1. The molecule has 0 amide bonds. The lowest BCUT2D eigenvalue weighted by molar-refractivity contribution is 0.178. The van der Waals surface area contributed by atoms with E-state index >= 15 is 0 Å². The van der Waals surface area contributed by atoms with Crippen LogP contribution in [-0.2, 0) is 11.3 Å². The highest BCUT2D eigenvalue weighted by Gasteiger charge is 2.30. The van der Waals surface area contributed by atoms with Crippen LogP contribution in [0.5, 0.6) is 0 Å². The summed E-state index contributed by atoms with van der Waals surface area (Å²) in [5.41, 5.74) is 5.86. The van der Waals surface area contributed by atoms with E-state index in [2.05, 4.69) is 28.7 Å². The Kier molecular flexibility index (Phi) is 4.01. The second-order valence-corrected chi connectivity index (χ2v) is 4.90. The Morgan fingerprint density at radius 3 is 2.89 bits per heavy atom. The van der Waals surface area contributed by atoms with Crippen LogP contribution in [0, 0.1) is 0 Å². The first-order chi connectivity index (χ1) is 8.65. The van der Waals surface area contributed by atoms with E-state index in [1.54, 1.807) is 7.11 Å². The summed E-state index contributed by atoms with van der Waals surface area (Å²) in [5.74, 6) is 2.11. The molecule has 2 atom stereocenters. The number of aromatic nitrogens is 2. The van der Waals surface area contributed by atoms with Crippen molar-refractivity contribution < 1.29 is 4.74 Å². The van der Waals surface area contributed by atoms with Gasteiger partial charge in [0, 0.05) is 25.3 Å². The fraction of sp³-hybridized carbons (Fsp3) is 0.692. The van der Waals surface area contributed by atoms with Crippen LogP contribution in [0.15, 0.2) is 6.07 Å². The minimum absolute atomic E-state index is 0.400. The number of nitrogens with zero attached hydrogens (tertiary/aromatic N) is 3. The van der Waals surface area contributed by atoms with Gasteiger partial charge in [-0.3, -0.25) is 0 Å². The third-order valence-corrected chi connectivity index (χ3v) is 3.57. The van der Waals surface area contributed by atoms with Gasteiger partial charge in [0.15, 0.2) is 5.82 Å². The third kappa shape index (κ3) is 2.56. The van der Waals surface area contributed by atoms with Gasteiger partial charge in [-0.15, -0.1) is 0 Å². The first-order valence-corrected chi connectivity index (χ1v) is 6.56. The van der Waals surface area contributed by atoms with Gasteiger partial charge < -0.3 is 15.4 Å². The van der Waals surface area contributed by atoms with Crippen molar-refractivity contribution in [2.24, 2.45) is 0 Å². The maximum absolute atomic E-state index is 5.86. The predicted molar refractivity (Wildman–Crippen MR) is 72.4 cm³/mol. The summed E-state index contributed by atoms with van der Waals surface area (Å²) < 4.78 is 5.08. The zero-order valence-corrected chi connectivity index (χ0v) is 11.4. The van der Waals surface area contributed by atoms with E-state index in [1.807, 2.05) is 6.07 Å². The van der Waals surface area contributed by atoms with E-state index in [0.717, 1.165) is 12.2 Å².